The monoisotopic (exact) mass is 201 g/mol. The van der Waals surface area contributed by atoms with E-state index in [0.717, 1.165) is 0 Å². The van der Waals surface area contributed by atoms with Crippen molar-refractivity contribution in [2.75, 3.05) is 6.61 Å². The van der Waals surface area contributed by atoms with Crippen LogP contribution in [0.15, 0.2) is 24.3 Å². The Bertz CT molecular complexity index is 274. The molecule has 0 aliphatic heterocycles. The predicted octanol–water partition coefficient (Wildman–Crippen LogP) is 2.35. The summed E-state index contributed by atoms with van der Waals surface area (Å²) in [4.78, 5) is 0. The summed E-state index contributed by atoms with van der Waals surface area (Å²) in [5.74, 6) is 0.665. The van der Waals surface area contributed by atoms with Crippen LogP contribution in [0.3, 0.4) is 0 Å². The standard InChI is InChI=1S/C10H13F2NO/c1-2-14-8-5-3-7(4-6-8)9(13)10(11)12/h3-6,9-10H,2,13H2,1H3. The highest BCUT2D eigenvalue weighted by Gasteiger charge is 2.16. The van der Waals surface area contributed by atoms with E-state index < -0.39 is 12.5 Å². The van der Waals surface area contributed by atoms with Gasteiger partial charge < -0.3 is 10.5 Å². The molecule has 0 radical (unpaired) electrons. The minimum atomic E-state index is -2.53. The molecule has 1 atom stereocenters. The third kappa shape index (κ3) is 2.67. The molecule has 0 fully saturated rings. The third-order valence-corrected chi connectivity index (χ3v) is 1.85. The number of ether oxygens (including phenoxy) is 1. The fourth-order valence-corrected chi connectivity index (χ4v) is 1.10. The van der Waals surface area contributed by atoms with E-state index in [9.17, 15) is 8.78 Å². The summed E-state index contributed by atoms with van der Waals surface area (Å²) >= 11 is 0. The molecule has 1 aromatic carbocycles. The Morgan fingerprint density at radius 2 is 1.86 bits per heavy atom. The van der Waals surface area contributed by atoms with Crippen LogP contribution in [0.1, 0.15) is 18.5 Å². The van der Waals surface area contributed by atoms with Gasteiger partial charge in [-0.1, -0.05) is 12.1 Å². The van der Waals surface area contributed by atoms with Crippen molar-refractivity contribution in [3.05, 3.63) is 29.8 Å². The first-order valence-electron chi connectivity index (χ1n) is 4.41. The highest BCUT2D eigenvalue weighted by atomic mass is 19.3. The molecule has 0 saturated carbocycles. The maximum absolute atomic E-state index is 12.2. The van der Waals surface area contributed by atoms with Crippen LogP contribution in [0.4, 0.5) is 8.78 Å². The first-order chi connectivity index (χ1) is 6.65. The topological polar surface area (TPSA) is 35.2 Å². The van der Waals surface area contributed by atoms with E-state index in [0.29, 0.717) is 17.9 Å². The molecular formula is C10H13F2NO. The van der Waals surface area contributed by atoms with Crippen molar-refractivity contribution in [2.45, 2.75) is 19.4 Å². The molecule has 0 amide bonds. The molecule has 2 N–H and O–H groups in total. The number of alkyl halides is 2. The van der Waals surface area contributed by atoms with E-state index in [1.54, 1.807) is 24.3 Å². The minimum Gasteiger partial charge on any atom is -0.494 e. The van der Waals surface area contributed by atoms with E-state index in [1.165, 1.54) is 0 Å². The van der Waals surface area contributed by atoms with E-state index >= 15 is 0 Å². The van der Waals surface area contributed by atoms with Gasteiger partial charge in [0.2, 0.25) is 0 Å². The molecule has 0 heterocycles. The number of nitrogens with two attached hydrogens (primary N) is 1. The molecule has 1 aromatic rings. The Kier molecular flexibility index (Phi) is 3.83. The van der Waals surface area contributed by atoms with E-state index in [4.69, 9.17) is 10.5 Å². The minimum absolute atomic E-state index is 0.420. The first-order valence-corrected chi connectivity index (χ1v) is 4.41. The second-order valence-corrected chi connectivity index (χ2v) is 2.86. The molecule has 0 bridgehead atoms. The maximum atomic E-state index is 12.2. The quantitative estimate of drug-likeness (QED) is 0.811. The molecule has 1 unspecified atom stereocenters. The van der Waals surface area contributed by atoms with Crippen molar-refractivity contribution in [2.24, 2.45) is 5.73 Å². The van der Waals surface area contributed by atoms with Crippen molar-refractivity contribution in [3.8, 4) is 5.75 Å². The smallest absolute Gasteiger partial charge is 0.257 e. The Hall–Kier alpha value is -1.16. The summed E-state index contributed by atoms with van der Waals surface area (Å²) in [5, 5.41) is 0. The molecule has 78 valence electrons. The summed E-state index contributed by atoms with van der Waals surface area (Å²) in [5.41, 5.74) is 5.69. The molecule has 14 heavy (non-hydrogen) atoms. The van der Waals surface area contributed by atoms with Crippen LogP contribution in [0, 0.1) is 0 Å². The van der Waals surface area contributed by atoms with Gasteiger partial charge in [0.05, 0.1) is 12.6 Å². The number of rotatable bonds is 4. The lowest BCUT2D eigenvalue weighted by Crippen LogP contribution is -2.18. The normalized spacial score (nSPS) is 12.9. The molecule has 0 aromatic heterocycles. The summed E-state index contributed by atoms with van der Waals surface area (Å²) < 4.78 is 29.6. The largest absolute Gasteiger partial charge is 0.494 e. The highest BCUT2D eigenvalue weighted by molar-refractivity contribution is 5.29. The SMILES string of the molecule is CCOc1ccc(C(N)C(F)F)cc1. The van der Waals surface area contributed by atoms with Gasteiger partial charge in [-0.2, -0.15) is 0 Å². The lowest BCUT2D eigenvalue weighted by Gasteiger charge is -2.11. The van der Waals surface area contributed by atoms with E-state index in [2.05, 4.69) is 0 Å². The van der Waals surface area contributed by atoms with Gasteiger partial charge in [-0.3, -0.25) is 0 Å². The Balaban J connectivity index is 2.72. The lowest BCUT2D eigenvalue weighted by atomic mass is 10.1. The number of halogens is 2. The van der Waals surface area contributed by atoms with Gasteiger partial charge in [-0.15, -0.1) is 0 Å². The summed E-state index contributed by atoms with van der Waals surface area (Å²) in [7, 11) is 0. The third-order valence-electron chi connectivity index (χ3n) is 1.85. The van der Waals surface area contributed by atoms with Crippen molar-refractivity contribution in [3.63, 3.8) is 0 Å². The molecule has 0 saturated heterocycles. The molecule has 0 aliphatic carbocycles. The summed E-state index contributed by atoms with van der Waals surface area (Å²) in [6.07, 6.45) is -2.53. The molecule has 4 heteroatoms. The van der Waals surface area contributed by atoms with Crippen LogP contribution in [0.5, 0.6) is 5.75 Å². The van der Waals surface area contributed by atoms with Crippen LogP contribution < -0.4 is 10.5 Å². The molecule has 0 aliphatic rings. The van der Waals surface area contributed by atoms with Gasteiger partial charge in [-0.05, 0) is 24.6 Å². The van der Waals surface area contributed by atoms with Crippen LogP contribution in [-0.2, 0) is 0 Å². The zero-order valence-electron chi connectivity index (χ0n) is 7.91. The van der Waals surface area contributed by atoms with Gasteiger partial charge in [-0.25, -0.2) is 8.78 Å². The van der Waals surface area contributed by atoms with Crippen LogP contribution in [0.2, 0.25) is 0 Å². The molecular weight excluding hydrogens is 188 g/mol. The lowest BCUT2D eigenvalue weighted by molar-refractivity contribution is 0.116. The zero-order valence-corrected chi connectivity index (χ0v) is 7.91. The second kappa shape index (κ2) is 4.91. The zero-order chi connectivity index (χ0) is 10.6. The summed E-state index contributed by atoms with van der Waals surface area (Å²) in [6.45, 7) is 2.42. The summed E-state index contributed by atoms with van der Waals surface area (Å²) in [6, 6.07) is 5.18. The van der Waals surface area contributed by atoms with Crippen LogP contribution >= 0.6 is 0 Å². The average molecular weight is 201 g/mol. The van der Waals surface area contributed by atoms with Crippen LogP contribution in [0.25, 0.3) is 0 Å². The second-order valence-electron chi connectivity index (χ2n) is 2.86. The van der Waals surface area contributed by atoms with Gasteiger partial charge in [0.25, 0.3) is 6.43 Å². The first kappa shape index (κ1) is 10.9. The van der Waals surface area contributed by atoms with Gasteiger partial charge in [0.15, 0.2) is 0 Å². The Morgan fingerprint density at radius 1 is 1.29 bits per heavy atom. The van der Waals surface area contributed by atoms with Crippen molar-refractivity contribution >= 4 is 0 Å². The van der Waals surface area contributed by atoms with Crippen molar-refractivity contribution < 1.29 is 13.5 Å². The number of hydrogen-bond acceptors (Lipinski definition) is 2. The van der Waals surface area contributed by atoms with E-state index in [1.807, 2.05) is 6.92 Å². The molecule has 2 nitrogen and oxygen atoms in total. The van der Waals surface area contributed by atoms with E-state index in [-0.39, 0.29) is 0 Å². The van der Waals surface area contributed by atoms with Crippen LogP contribution in [-0.4, -0.2) is 13.0 Å². The van der Waals surface area contributed by atoms with Gasteiger partial charge in [0.1, 0.15) is 5.75 Å². The van der Waals surface area contributed by atoms with Crippen molar-refractivity contribution in [1.82, 2.24) is 0 Å². The predicted molar refractivity (Wildman–Crippen MR) is 50.5 cm³/mol. The molecule has 0 spiro atoms. The number of benzene rings is 1. The van der Waals surface area contributed by atoms with Gasteiger partial charge >= 0.3 is 0 Å². The maximum Gasteiger partial charge on any atom is 0.257 e. The fraction of sp³-hybridized carbons (Fsp3) is 0.400. The van der Waals surface area contributed by atoms with Crippen molar-refractivity contribution in [1.29, 1.82) is 0 Å². The highest BCUT2D eigenvalue weighted by Crippen LogP contribution is 2.20. The number of hydrogen-bond donors (Lipinski definition) is 1. The fourth-order valence-electron chi connectivity index (χ4n) is 1.10. The average Bonchev–Trinajstić information content (AvgIpc) is 2.18. The Labute approximate surface area is 81.7 Å². The van der Waals surface area contributed by atoms with Gasteiger partial charge in [0, 0.05) is 0 Å². The Morgan fingerprint density at radius 3 is 2.29 bits per heavy atom. The molecule has 1 rings (SSSR count).